The summed E-state index contributed by atoms with van der Waals surface area (Å²) in [6, 6.07) is 0.801. The van der Waals surface area contributed by atoms with Gasteiger partial charge in [0.25, 0.3) is 0 Å². The van der Waals surface area contributed by atoms with E-state index in [1.54, 1.807) is 0 Å². The van der Waals surface area contributed by atoms with Crippen molar-refractivity contribution in [2.45, 2.75) is 45.1 Å². The lowest BCUT2D eigenvalue weighted by molar-refractivity contribution is -0.000751. The lowest BCUT2D eigenvalue weighted by Gasteiger charge is -2.47. The Morgan fingerprint density at radius 3 is 2.82 bits per heavy atom. The number of nitrogens with zero attached hydrogens (tertiary/aromatic N) is 1. The summed E-state index contributed by atoms with van der Waals surface area (Å²) in [7, 11) is 0. The van der Waals surface area contributed by atoms with Crippen LogP contribution in [0.2, 0.25) is 0 Å². The summed E-state index contributed by atoms with van der Waals surface area (Å²) < 4.78 is 5.41. The van der Waals surface area contributed by atoms with Crippen LogP contribution in [0, 0.1) is 11.8 Å². The summed E-state index contributed by atoms with van der Waals surface area (Å²) in [4.78, 5) is 2.65. The fourth-order valence-corrected chi connectivity index (χ4v) is 3.80. The maximum absolute atomic E-state index is 8.69. The summed E-state index contributed by atoms with van der Waals surface area (Å²) in [6.07, 6.45) is 7.05. The molecule has 100 valence electrons. The Morgan fingerprint density at radius 2 is 2.00 bits per heavy atom. The fourth-order valence-electron chi connectivity index (χ4n) is 3.80. The first-order valence-corrected chi connectivity index (χ1v) is 7.25. The molecule has 0 spiro atoms. The highest BCUT2D eigenvalue weighted by Crippen LogP contribution is 2.38. The van der Waals surface area contributed by atoms with Crippen LogP contribution in [0.3, 0.4) is 0 Å². The Kier molecular flexibility index (Phi) is 5.26. The van der Waals surface area contributed by atoms with Gasteiger partial charge in [0.05, 0.1) is 19.8 Å². The largest absolute Gasteiger partial charge is 0.394 e. The van der Waals surface area contributed by atoms with E-state index in [4.69, 9.17) is 9.84 Å². The number of hydrogen-bond acceptors (Lipinski definition) is 3. The van der Waals surface area contributed by atoms with Crippen LogP contribution in [-0.4, -0.2) is 49.0 Å². The van der Waals surface area contributed by atoms with Crippen molar-refractivity contribution >= 4 is 0 Å². The molecule has 3 atom stereocenters. The molecule has 1 saturated heterocycles. The predicted octanol–water partition coefficient (Wildman–Crippen LogP) is 1.90. The Morgan fingerprint density at radius 1 is 1.18 bits per heavy atom. The molecule has 1 aliphatic heterocycles. The molecular weight excluding hydrogens is 214 g/mol. The molecule has 0 bridgehead atoms. The number of aliphatic hydroxyl groups excluding tert-OH is 1. The Hall–Kier alpha value is -0.120. The minimum atomic E-state index is 0.141. The Balaban J connectivity index is 1.82. The topological polar surface area (TPSA) is 32.7 Å². The molecule has 17 heavy (non-hydrogen) atoms. The molecule has 3 heteroatoms. The number of piperidine rings is 1. The van der Waals surface area contributed by atoms with Gasteiger partial charge < -0.3 is 9.84 Å². The number of likely N-dealkylation sites (tertiary alicyclic amines) is 1. The van der Waals surface area contributed by atoms with Crippen molar-refractivity contribution in [3.8, 4) is 0 Å². The van der Waals surface area contributed by atoms with Gasteiger partial charge in [-0.15, -0.1) is 0 Å². The minimum absolute atomic E-state index is 0.141. The van der Waals surface area contributed by atoms with E-state index < -0.39 is 0 Å². The molecular formula is C14H27NO2. The average molecular weight is 241 g/mol. The van der Waals surface area contributed by atoms with Crippen molar-refractivity contribution in [2.75, 3.05) is 32.9 Å². The first-order chi connectivity index (χ1) is 8.33. The van der Waals surface area contributed by atoms with Crippen molar-refractivity contribution in [1.29, 1.82) is 0 Å². The van der Waals surface area contributed by atoms with Crippen LogP contribution in [0.15, 0.2) is 0 Å². The number of ether oxygens (including phenoxy) is 1. The number of hydrogen-bond donors (Lipinski definition) is 1. The first kappa shape index (κ1) is 13.3. The van der Waals surface area contributed by atoms with Gasteiger partial charge in [0, 0.05) is 12.6 Å². The maximum atomic E-state index is 8.69. The molecule has 1 saturated carbocycles. The second-order valence-corrected chi connectivity index (χ2v) is 5.67. The third-order valence-corrected chi connectivity index (χ3v) is 4.50. The molecule has 2 aliphatic rings. The molecule has 2 fully saturated rings. The Labute approximate surface area is 105 Å². The lowest BCUT2D eigenvalue weighted by atomic mass is 9.73. The molecule has 1 heterocycles. The van der Waals surface area contributed by atoms with Gasteiger partial charge in [-0.05, 0) is 44.1 Å². The number of rotatable bonds is 5. The van der Waals surface area contributed by atoms with E-state index in [2.05, 4.69) is 11.8 Å². The summed E-state index contributed by atoms with van der Waals surface area (Å²) in [5.74, 6) is 1.79. The summed E-state index contributed by atoms with van der Waals surface area (Å²) in [5, 5.41) is 8.69. The van der Waals surface area contributed by atoms with Crippen molar-refractivity contribution in [1.82, 2.24) is 4.90 Å². The Bertz CT molecular complexity index is 220. The van der Waals surface area contributed by atoms with Crippen LogP contribution in [-0.2, 0) is 4.74 Å². The quantitative estimate of drug-likeness (QED) is 0.746. The summed E-state index contributed by atoms with van der Waals surface area (Å²) in [5.41, 5.74) is 0. The number of aliphatic hydroxyl groups is 1. The van der Waals surface area contributed by atoms with Crippen molar-refractivity contribution < 1.29 is 9.84 Å². The molecule has 1 aliphatic carbocycles. The molecule has 0 aromatic carbocycles. The van der Waals surface area contributed by atoms with Gasteiger partial charge >= 0.3 is 0 Å². The van der Waals surface area contributed by atoms with Crippen LogP contribution in [0.4, 0.5) is 0 Å². The van der Waals surface area contributed by atoms with Crippen LogP contribution in [0.5, 0.6) is 0 Å². The zero-order valence-electron chi connectivity index (χ0n) is 11.1. The minimum Gasteiger partial charge on any atom is -0.394 e. The van der Waals surface area contributed by atoms with E-state index in [-0.39, 0.29) is 6.61 Å². The molecule has 0 amide bonds. The molecule has 0 radical (unpaired) electrons. The maximum Gasteiger partial charge on any atom is 0.0698 e. The highest BCUT2D eigenvalue weighted by molar-refractivity contribution is 4.90. The second-order valence-electron chi connectivity index (χ2n) is 5.67. The van der Waals surface area contributed by atoms with Gasteiger partial charge in [0.2, 0.25) is 0 Å². The van der Waals surface area contributed by atoms with Crippen LogP contribution < -0.4 is 0 Å². The molecule has 3 nitrogen and oxygen atoms in total. The van der Waals surface area contributed by atoms with E-state index in [1.807, 2.05) is 0 Å². The second kappa shape index (κ2) is 6.72. The van der Waals surface area contributed by atoms with E-state index in [0.717, 1.165) is 31.0 Å². The van der Waals surface area contributed by atoms with E-state index >= 15 is 0 Å². The van der Waals surface area contributed by atoms with Gasteiger partial charge in [-0.3, -0.25) is 4.90 Å². The molecule has 0 aromatic heterocycles. The third kappa shape index (κ3) is 3.43. The van der Waals surface area contributed by atoms with E-state index in [1.165, 1.54) is 38.6 Å². The van der Waals surface area contributed by atoms with E-state index in [0.29, 0.717) is 6.61 Å². The molecule has 2 rings (SSSR count). The van der Waals surface area contributed by atoms with Gasteiger partial charge in [-0.25, -0.2) is 0 Å². The highest BCUT2D eigenvalue weighted by atomic mass is 16.5. The van der Waals surface area contributed by atoms with Crippen molar-refractivity contribution in [3.63, 3.8) is 0 Å². The van der Waals surface area contributed by atoms with Crippen molar-refractivity contribution in [3.05, 3.63) is 0 Å². The zero-order valence-corrected chi connectivity index (χ0v) is 11.1. The normalized spacial score (nSPS) is 34.6. The summed E-state index contributed by atoms with van der Waals surface area (Å²) >= 11 is 0. The standard InChI is InChI=1S/C14H27NO2/c1-12-4-2-5-13-6-3-7-15(14(12)13)8-10-17-11-9-16/h12-14,16H,2-11H2,1H3. The van der Waals surface area contributed by atoms with Gasteiger partial charge in [0.1, 0.15) is 0 Å². The predicted molar refractivity (Wildman–Crippen MR) is 69.0 cm³/mol. The summed E-state index contributed by atoms with van der Waals surface area (Å²) in [6.45, 7) is 6.11. The highest BCUT2D eigenvalue weighted by Gasteiger charge is 2.36. The molecule has 0 aromatic rings. The van der Waals surface area contributed by atoms with Gasteiger partial charge in [0.15, 0.2) is 0 Å². The third-order valence-electron chi connectivity index (χ3n) is 4.50. The smallest absolute Gasteiger partial charge is 0.0698 e. The van der Waals surface area contributed by atoms with E-state index in [9.17, 15) is 0 Å². The zero-order chi connectivity index (χ0) is 12.1. The van der Waals surface area contributed by atoms with Gasteiger partial charge in [-0.1, -0.05) is 13.3 Å². The number of fused-ring (bicyclic) bond motifs is 1. The molecule has 1 N–H and O–H groups in total. The van der Waals surface area contributed by atoms with Crippen molar-refractivity contribution in [2.24, 2.45) is 11.8 Å². The van der Waals surface area contributed by atoms with Crippen LogP contribution in [0.1, 0.15) is 39.0 Å². The van der Waals surface area contributed by atoms with Gasteiger partial charge in [-0.2, -0.15) is 0 Å². The lowest BCUT2D eigenvalue weighted by Crippen LogP contribution is -2.51. The van der Waals surface area contributed by atoms with Crippen LogP contribution >= 0.6 is 0 Å². The fraction of sp³-hybridized carbons (Fsp3) is 1.00. The SMILES string of the molecule is CC1CCCC2CCCN(CCOCCO)C12. The molecule has 3 unspecified atom stereocenters. The first-order valence-electron chi connectivity index (χ1n) is 7.25. The van der Waals surface area contributed by atoms with Crippen LogP contribution in [0.25, 0.3) is 0 Å². The monoisotopic (exact) mass is 241 g/mol. The average Bonchev–Trinajstić information content (AvgIpc) is 2.35.